The number of fused-ring (bicyclic) bond motifs is 1. The average molecular weight is 346 g/mol. The molecular weight excluding hydrogens is 330 g/mol. The van der Waals surface area contributed by atoms with Crippen LogP contribution in [0.1, 0.15) is 27.0 Å². The SMILES string of the molecule is COc1ccc(Br)c(CC(=O)c2ccc3c(c2)CNC3)c1. The van der Waals surface area contributed by atoms with Gasteiger partial charge in [-0.1, -0.05) is 28.1 Å². The van der Waals surface area contributed by atoms with Gasteiger partial charge in [-0.2, -0.15) is 0 Å². The Hall–Kier alpha value is -1.65. The summed E-state index contributed by atoms with van der Waals surface area (Å²) in [6, 6.07) is 11.7. The van der Waals surface area contributed by atoms with Crippen LogP contribution in [0.2, 0.25) is 0 Å². The summed E-state index contributed by atoms with van der Waals surface area (Å²) in [5.74, 6) is 0.887. The molecule has 0 bridgehead atoms. The van der Waals surface area contributed by atoms with Crippen LogP contribution in [0, 0.1) is 0 Å². The number of hydrogen-bond donors (Lipinski definition) is 1. The lowest BCUT2D eigenvalue weighted by atomic mass is 9.99. The molecule has 108 valence electrons. The maximum absolute atomic E-state index is 12.5. The van der Waals surface area contributed by atoms with E-state index in [1.807, 2.05) is 36.4 Å². The topological polar surface area (TPSA) is 38.3 Å². The standard InChI is InChI=1S/C17H16BrNO2/c1-21-15-4-5-16(18)13(7-15)8-17(20)11-2-3-12-9-19-10-14(12)6-11/h2-7,19H,8-10H2,1H3. The van der Waals surface area contributed by atoms with Crippen molar-refractivity contribution in [3.63, 3.8) is 0 Å². The average Bonchev–Trinajstić information content (AvgIpc) is 2.96. The van der Waals surface area contributed by atoms with E-state index >= 15 is 0 Å². The van der Waals surface area contributed by atoms with E-state index in [0.29, 0.717) is 6.42 Å². The third-order valence-electron chi connectivity index (χ3n) is 3.76. The number of benzene rings is 2. The molecule has 0 atom stereocenters. The molecule has 0 unspecified atom stereocenters. The van der Waals surface area contributed by atoms with Gasteiger partial charge in [-0.05, 0) is 41.0 Å². The summed E-state index contributed by atoms with van der Waals surface area (Å²) < 4.78 is 6.15. The van der Waals surface area contributed by atoms with Crippen molar-refractivity contribution in [1.82, 2.24) is 5.32 Å². The first-order valence-electron chi connectivity index (χ1n) is 6.85. The van der Waals surface area contributed by atoms with Gasteiger partial charge in [0.25, 0.3) is 0 Å². The van der Waals surface area contributed by atoms with E-state index in [9.17, 15) is 4.79 Å². The molecule has 4 heteroatoms. The molecule has 0 radical (unpaired) electrons. The van der Waals surface area contributed by atoms with Crippen molar-refractivity contribution in [2.75, 3.05) is 7.11 Å². The Labute approximate surface area is 132 Å². The monoisotopic (exact) mass is 345 g/mol. The van der Waals surface area contributed by atoms with E-state index < -0.39 is 0 Å². The third-order valence-corrected chi connectivity index (χ3v) is 4.54. The summed E-state index contributed by atoms with van der Waals surface area (Å²) in [4.78, 5) is 12.5. The maximum Gasteiger partial charge on any atom is 0.167 e. The molecule has 0 saturated heterocycles. The van der Waals surface area contributed by atoms with Gasteiger partial charge < -0.3 is 10.1 Å². The highest BCUT2D eigenvalue weighted by Crippen LogP contribution is 2.25. The van der Waals surface area contributed by atoms with E-state index in [1.54, 1.807) is 7.11 Å². The first-order valence-corrected chi connectivity index (χ1v) is 7.65. The maximum atomic E-state index is 12.5. The molecule has 0 fully saturated rings. The van der Waals surface area contributed by atoms with Crippen molar-refractivity contribution in [2.24, 2.45) is 0 Å². The number of carbonyl (C=O) groups is 1. The molecule has 3 rings (SSSR count). The Bertz CT molecular complexity index is 697. The molecular formula is C17H16BrNO2. The summed E-state index contributed by atoms with van der Waals surface area (Å²) in [7, 11) is 1.63. The van der Waals surface area contributed by atoms with Crippen molar-refractivity contribution >= 4 is 21.7 Å². The summed E-state index contributed by atoms with van der Waals surface area (Å²) in [5, 5.41) is 3.29. The highest BCUT2D eigenvalue weighted by Gasteiger charge is 2.15. The normalized spacial score (nSPS) is 13.0. The van der Waals surface area contributed by atoms with Crippen molar-refractivity contribution in [1.29, 1.82) is 0 Å². The number of nitrogens with one attached hydrogen (secondary N) is 1. The molecule has 2 aromatic carbocycles. The molecule has 1 aliphatic rings. The molecule has 21 heavy (non-hydrogen) atoms. The fourth-order valence-corrected chi connectivity index (χ4v) is 2.94. The van der Waals surface area contributed by atoms with E-state index in [-0.39, 0.29) is 5.78 Å². The van der Waals surface area contributed by atoms with Crippen molar-refractivity contribution in [3.8, 4) is 5.75 Å². The highest BCUT2D eigenvalue weighted by atomic mass is 79.9. The molecule has 1 aliphatic heterocycles. The Morgan fingerprint density at radius 3 is 2.81 bits per heavy atom. The minimum absolute atomic E-state index is 0.124. The number of halogens is 1. The summed E-state index contributed by atoms with van der Waals surface area (Å²) in [6.07, 6.45) is 0.365. The van der Waals surface area contributed by atoms with Crippen LogP contribution in [0.5, 0.6) is 5.75 Å². The van der Waals surface area contributed by atoms with Gasteiger partial charge in [-0.25, -0.2) is 0 Å². The van der Waals surface area contributed by atoms with Crippen LogP contribution in [-0.4, -0.2) is 12.9 Å². The first kappa shape index (κ1) is 14.3. The molecule has 1 heterocycles. The molecule has 0 spiro atoms. The molecule has 0 aliphatic carbocycles. The van der Waals surface area contributed by atoms with Crippen LogP contribution in [0.15, 0.2) is 40.9 Å². The smallest absolute Gasteiger partial charge is 0.167 e. The Morgan fingerprint density at radius 1 is 1.19 bits per heavy atom. The molecule has 2 aromatic rings. The summed E-state index contributed by atoms with van der Waals surface area (Å²) in [5.41, 5.74) is 4.23. The van der Waals surface area contributed by atoms with E-state index in [1.165, 1.54) is 11.1 Å². The minimum Gasteiger partial charge on any atom is -0.497 e. The van der Waals surface area contributed by atoms with Gasteiger partial charge in [0.2, 0.25) is 0 Å². The highest BCUT2D eigenvalue weighted by molar-refractivity contribution is 9.10. The lowest BCUT2D eigenvalue weighted by Gasteiger charge is -2.08. The molecule has 0 aromatic heterocycles. The van der Waals surface area contributed by atoms with Crippen molar-refractivity contribution in [2.45, 2.75) is 19.5 Å². The first-order chi connectivity index (χ1) is 10.2. The number of ketones is 1. The van der Waals surface area contributed by atoms with Crippen molar-refractivity contribution < 1.29 is 9.53 Å². The number of rotatable bonds is 4. The summed E-state index contributed by atoms with van der Waals surface area (Å²) in [6.45, 7) is 1.74. The zero-order chi connectivity index (χ0) is 14.8. The second-order valence-electron chi connectivity index (χ2n) is 5.14. The Balaban J connectivity index is 1.83. The van der Waals surface area contributed by atoms with Crippen LogP contribution < -0.4 is 10.1 Å². The third kappa shape index (κ3) is 3.01. The molecule has 0 saturated carbocycles. The van der Waals surface area contributed by atoms with Crippen LogP contribution in [0.25, 0.3) is 0 Å². The Morgan fingerprint density at radius 2 is 2.00 bits per heavy atom. The Kier molecular flexibility index (Phi) is 4.08. The minimum atomic E-state index is 0.124. The van der Waals surface area contributed by atoms with Gasteiger partial charge in [-0.15, -0.1) is 0 Å². The number of hydrogen-bond acceptors (Lipinski definition) is 3. The second-order valence-corrected chi connectivity index (χ2v) is 6.00. The predicted molar refractivity (Wildman–Crippen MR) is 85.7 cm³/mol. The molecule has 0 amide bonds. The van der Waals surface area contributed by atoms with Crippen LogP contribution in [0.4, 0.5) is 0 Å². The van der Waals surface area contributed by atoms with Gasteiger partial charge >= 0.3 is 0 Å². The summed E-state index contributed by atoms with van der Waals surface area (Å²) >= 11 is 3.49. The van der Waals surface area contributed by atoms with E-state index in [0.717, 1.165) is 34.4 Å². The number of ether oxygens (including phenoxy) is 1. The van der Waals surface area contributed by atoms with Gasteiger partial charge in [0, 0.05) is 29.5 Å². The molecule has 1 N–H and O–H groups in total. The lowest BCUT2D eigenvalue weighted by molar-refractivity contribution is 0.0992. The van der Waals surface area contributed by atoms with Crippen LogP contribution >= 0.6 is 15.9 Å². The quantitative estimate of drug-likeness (QED) is 0.862. The fourth-order valence-electron chi connectivity index (χ4n) is 2.56. The second kappa shape index (κ2) is 6.00. The van der Waals surface area contributed by atoms with Gasteiger partial charge in [0.1, 0.15) is 5.75 Å². The predicted octanol–water partition coefficient (Wildman–Crippen LogP) is 3.49. The fraction of sp³-hybridized carbons (Fsp3) is 0.235. The van der Waals surface area contributed by atoms with Crippen LogP contribution in [0.3, 0.4) is 0 Å². The zero-order valence-electron chi connectivity index (χ0n) is 11.8. The molecule has 3 nitrogen and oxygen atoms in total. The number of methoxy groups -OCH3 is 1. The van der Waals surface area contributed by atoms with Gasteiger partial charge in [0.05, 0.1) is 7.11 Å². The van der Waals surface area contributed by atoms with Crippen molar-refractivity contribution in [3.05, 3.63) is 63.1 Å². The van der Waals surface area contributed by atoms with Gasteiger partial charge in [0.15, 0.2) is 5.78 Å². The van der Waals surface area contributed by atoms with E-state index in [2.05, 4.69) is 21.2 Å². The van der Waals surface area contributed by atoms with E-state index in [4.69, 9.17) is 4.74 Å². The number of Topliss-reactive ketones (excluding diaryl/α,β-unsaturated/α-hetero) is 1. The lowest BCUT2D eigenvalue weighted by Crippen LogP contribution is -2.05. The zero-order valence-corrected chi connectivity index (χ0v) is 13.4. The number of carbonyl (C=O) groups excluding carboxylic acids is 1. The van der Waals surface area contributed by atoms with Crippen LogP contribution in [-0.2, 0) is 19.5 Å². The largest absolute Gasteiger partial charge is 0.497 e. The van der Waals surface area contributed by atoms with Gasteiger partial charge in [-0.3, -0.25) is 4.79 Å².